The van der Waals surface area contributed by atoms with Crippen molar-refractivity contribution in [2.24, 2.45) is 5.73 Å². The number of nitrogens with one attached hydrogen (secondary N) is 2. The summed E-state index contributed by atoms with van der Waals surface area (Å²) in [6.45, 7) is 4.07. The molecule has 10 nitrogen and oxygen atoms in total. The van der Waals surface area contributed by atoms with Crippen LogP contribution in [-0.2, 0) is 4.74 Å². The van der Waals surface area contributed by atoms with Gasteiger partial charge in [0.05, 0.1) is 12.9 Å². The van der Waals surface area contributed by atoms with Gasteiger partial charge in [0.15, 0.2) is 17.0 Å². The molecule has 2 aliphatic carbocycles. The van der Waals surface area contributed by atoms with Crippen molar-refractivity contribution in [1.82, 2.24) is 24.4 Å². The molecule has 5 rings (SSSR count). The maximum Gasteiger partial charge on any atom is 0.409 e. The zero-order valence-electron chi connectivity index (χ0n) is 23.9. The molecule has 0 unspecified atom stereocenters. The third-order valence-electron chi connectivity index (χ3n) is 8.56. The number of unbranched alkanes of at least 4 members (excludes halogenated alkanes) is 3. The van der Waals surface area contributed by atoms with Gasteiger partial charge in [-0.2, -0.15) is 9.97 Å². The van der Waals surface area contributed by atoms with Crippen LogP contribution in [0.2, 0.25) is 0 Å². The Kier molecular flexibility index (Phi) is 12.8. The van der Waals surface area contributed by atoms with Crippen molar-refractivity contribution in [2.45, 2.75) is 121 Å². The summed E-state index contributed by atoms with van der Waals surface area (Å²) in [6, 6.07) is 1.33. The van der Waals surface area contributed by atoms with Gasteiger partial charge in [0, 0.05) is 37.3 Å². The van der Waals surface area contributed by atoms with Crippen molar-refractivity contribution in [3.8, 4) is 0 Å². The van der Waals surface area contributed by atoms with Crippen LogP contribution in [0.3, 0.4) is 0 Å². The van der Waals surface area contributed by atoms with Crippen LogP contribution in [0.5, 0.6) is 0 Å². The third kappa shape index (κ3) is 8.26. The number of halogens is 2. The number of fused-ring (bicyclic) bond motifs is 1. The van der Waals surface area contributed by atoms with Crippen LogP contribution in [0.4, 0.5) is 16.6 Å². The predicted molar refractivity (Wildman–Crippen MR) is 165 cm³/mol. The van der Waals surface area contributed by atoms with Crippen LogP contribution in [0.15, 0.2) is 6.33 Å². The number of piperidine rings is 1. The molecule has 40 heavy (non-hydrogen) atoms. The Balaban J connectivity index is 0.00000220. The normalized spacial score (nSPS) is 22.0. The standard InChI is InChI=1S/C28H46N8O2.2ClH/c1-2-3-4-7-18-38-28(37)35-16-14-22(15-17-35)31-25-24-26(36(19-30-24)23-8-5-6-9-23)34-27(33-25)32-21-12-10-20(29)11-13-21;;/h19-23H,2-18,29H2,1H3,(H2,31,32,33,34);2*1H/t20-,21-;;. The molecule has 0 spiro atoms. The molecule has 1 aliphatic heterocycles. The Hall–Kier alpha value is -2.04. The second kappa shape index (κ2) is 15.8. The van der Waals surface area contributed by atoms with Gasteiger partial charge in [-0.15, -0.1) is 24.8 Å². The summed E-state index contributed by atoms with van der Waals surface area (Å²) in [5.74, 6) is 1.46. The minimum atomic E-state index is -0.182. The Morgan fingerprint density at radius 3 is 2.35 bits per heavy atom. The third-order valence-corrected chi connectivity index (χ3v) is 8.56. The monoisotopic (exact) mass is 598 g/mol. The molecule has 2 aromatic heterocycles. The van der Waals surface area contributed by atoms with E-state index in [1.165, 1.54) is 38.5 Å². The lowest BCUT2D eigenvalue weighted by Crippen LogP contribution is -2.42. The first-order valence-corrected chi connectivity index (χ1v) is 15.1. The highest BCUT2D eigenvalue weighted by Crippen LogP contribution is 2.34. The van der Waals surface area contributed by atoms with Gasteiger partial charge in [0.2, 0.25) is 5.95 Å². The van der Waals surface area contributed by atoms with E-state index in [9.17, 15) is 4.79 Å². The Morgan fingerprint density at radius 2 is 1.65 bits per heavy atom. The molecular weight excluding hydrogens is 551 g/mol. The molecule has 0 atom stereocenters. The maximum atomic E-state index is 12.5. The van der Waals surface area contributed by atoms with Crippen molar-refractivity contribution < 1.29 is 9.53 Å². The number of carbonyl (C=O) groups excluding carboxylic acids is 1. The van der Waals surface area contributed by atoms with Gasteiger partial charge in [0.25, 0.3) is 0 Å². The van der Waals surface area contributed by atoms with Gasteiger partial charge >= 0.3 is 6.09 Å². The lowest BCUT2D eigenvalue weighted by Gasteiger charge is -2.32. The molecular formula is C28H48Cl2N8O2. The van der Waals surface area contributed by atoms with Crippen LogP contribution in [0.1, 0.15) is 103 Å². The van der Waals surface area contributed by atoms with Gasteiger partial charge < -0.3 is 30.6 Å². The van der Waals surface area contributed by atoms with Crippen LogP contribution in [0, 0.1) is 0 Å². The number of hydrogen-bond donors (Lipinski definition) is 3. The fourth-order valence-electron chi connectivity index (χ4n) is 6.16. The summed E-state index contributed by atoms with van der Waals surface area (Å²) in [5, 5.41) is 7.28. The van der Waals surface area contributed by atoms with Crippen LogP contribution < -0.4 is 16.4 Å². The molecule has 0 radical (unpaired) electrons. The van der Waals surface area contributed by atoms with Crippen molar-refractivity contribution >= 4 is 53.8 Å². The van der Waals surface area contributed by atoms with Gasteiger partial charge in [-0.3, -0.25) is 0 Å². The van der Waals surface area contributed by atoms with E-state index in [1.807, 2.05) is 11.2 Å². The number of aromatic nitrogens is 4. The number of likely N-dealkylation sites (tertiary alicyclic amines) is 1. The summed E-state index contributed by atoms with van der Waals surface area (Å²) in [6.07, 6.45) is 16.9. The Labute approximate surface area is 250 Å². The van der Waals surface area contributed by atoms with E-state index in [0.29, 0.717) is 43.8 Å². The predicted octanol–water partition coefficient (Wildman–Crippen LogP) is 6.06. The minimum absolute atomic E-state index is 0. The Morgan fingerprint density at radius 1 is 0.950 bits per heavy atom. The van der Waals surface area contributed by atoms with Crippen molar-refractivity contribution in [2.75, 3.05) is 30.3 Å². The first-order chi connectivity index (χ1) is 18.6. The summed E-state index contributed by atoms with van der Waals surface area (Å²) in [5.41, 5.74) is 7.87. The second-order valence-corrected chi connectivity index (χ2v) is 11.5. The average Bonchev–Trinajstić information content (AvgIpc) is 3.60. The fourth-order valence-corrected chi connectivity index (χ4v) is 6.16. The van der Waals surface area contributed by atoms with Crippen molar-refractivity contribution in [3.63, 3.8) is 0 Å². The van der Waals surface area contributed by atoms with E-state index in [2.05, 4.69) is 22.1 Å². The summed E-state index contributed by atoms with van der Waals surface area (Å²) in [7, 11) is 0. The number of nitrogens with two attached hydrogens (primary N) is 1. The van der Waals surface area contributed by atoms with Gasteiger partial charge in [-0.1, -0.05) is 39.0 Å². The highest BCUT2D eigenvalue weighted by molar-refractivity contribution is 5.86. The van der Waals surface area contributed by atoms with E-state index >= 15 is 0 Å². The van der Waals surface area contributed by atoms with Gasteiger partial charge in [-0.25, -0.2) is 9.78 Å². The maximum absolute atomic E-state index is 12.5. The van der Waals surface area contributed by atoms with E-state index in [1.54, 1.807) is 0 Å². The lowest BCUT2D eigenvalue weighted by molar-refractivity contribution is 0.0923. The van der Waals surface area contributed by atoms with Crippen LogP contribution in [-0.4, -0.2) is 68.3 Å². The highest BCUT2D eigenvalue weighted by atomic mass is 35.5. The molecule has 1 saturated heterocycles. The van der Waals surface area contributed by atoms with E-state index in [4.69, 9.17) is 25.4 Å². The first-order valence-electron chi connectivity index (χ1n) is 15.1. The molecule has 12 heteroatoms. The van der Waals surface area contributed by atoms with Crippen molar-refractivity contribution in [1.29, 1.82) is 0 Å². The first kappa shape index (κ1) is 32.5. The SMILES string of the molecule is CCCCCCOC(=O)N1CCC(Nc2nc(N[C@H]3CC[C@H](N)CC3)nc3c2ncn3C2CCCC2)CC1.Cl.Cl. The summed E-state index contributed by atoms with van der Waals surface area (Å²) < 4.78 is 7.76. The number of hydrogen-bond acceptors (Lipinski definition) is 8. The smallest absolute Gasteiger partial charge is 0.409 e. The Bertz CT molecular complexity index is 1050. The molecule has 2 saturated carbocycles. The molecule has 1 amide bonds. The molecule has 3 aliphatic rings. The largest absolute Gasteiger partial charge is 0.449 e. The van der Waals surface area contributed by atoms with Gasteiger partial charge in [-0.05, 0) is 57.8 Å². The molecule has 4 N–H and O–H groups in total. The quantitative estimate of drug-likeness (QED) is 0.282. The second-order valence-electron chi connectivity index (χ2n) is 11.5. The number of anilines is 2. The minimum Gasteiger partial charge on any atom is -0.449 e. The lowest BCUT2D eigenvalue weighted by atomic mass is 9.92. The summed E-state index contributed by atoms with van der Waals surface area (Å²) >= 11 is 0. The molecule has 3 heterocycles. The highest BCUT2D eigenvalue weighted by Gasteiger charge is 2.27. The fraction of sp³-hybridized carbons (Fsp3) is 0.786. The number of imidazole rings is 1. The zero-order valence-corrected chi connectivity index (χ0v) is 25.5. The number of nitrogens with zero attached hydrogens (tertiary/aromatic N) is 5. The van der Waals surface area contributed by atoms with E-state index < -0.39 is 0 Å². The number of ether oxygens (including phenoxy) is 1. The molecule has 0 bridgehead atoms. The van der Waals surface area contributed by atoms with Crippen LogP contribution in [0.25, 0.3) is 11.2 Å². The molecule has 3 fully saturated rings. The zero-order chi connectivity index (χ0) is 26.3. The average molecular weight is 600 g/mol. The molecule has 2 aromatic rings. The number of rotatable bonds is 10. The summed E-state index contributed by atoms with van der Waals surface area (Å²) in [4.78, 5) is 29.0. The molecule has 0 aromatic carbocycles. The van der Waals surface area contributed by atoms with Crippen molar-refractivity contribution in [3.05, 3.63) is 6.33 Å². The van der Waals surface area contributed by atoms with E-state index in [-0.39, 0.29) is 36.9 Å². The van der Waals surface area contributed by atoms with Gasteiger partial charge in [0.1, 0.15) is 0 Å². The topological polar surface area (TPSA) is 123 Å². The molecule has 226 valence electrons. The number of amides is 1. The van der Waals surface area contributed by atoms with Crippen LogP contribution >= 0.6 is 24.8 Å². The van der Waals surface area contributed by atoms with E-state index in [0.717, 1.165) is 68.3 Å². The number of carbonyl (C=O) groups is 1.